The van der Waals surface area contributed by atoms with E-state index < -0.39 is 0 Å². The molecule has 1 atom stereocenters. The molecule has 2 fully saturated rings. The maximum absolute atomic E-state index is 13.1. The maximum Gasteiger partial charge on any atom is 0.231 e. The first kappa shape index (κ1) is 16.6. The molecule has 3 heterocycles. The van der Waals surface area contributed by atoms with Crippen molar-refractivity contribution in [2.24, 2.45) is 5.41 Å². The second kappa shape index (κ2) is 6.23. The number of hydrogen-bond acceptors (Lipinski definition) is 4. The summed E-state index contributed by atoms with van der Waals surface area (Å²) in [5.41, 5.74) is 1.97. The van der Waals surface area contributed by atoms with Gasteiger partial charge in [-0.1, -0.05) is 12.1 Å². The first-order valence-electron chi connectivity index (χ1n) is 9.27. The average molecular weight is 368 g/mol. The highest BCUT2D eigenvalue weighted by molar-refractivity contribution is 5.96. The standard InChI is InChI=1S/C21H21FN2O3/c22-16-3-1-15(2-4-16)11-23-8-7-21(12-23)10-20(25)24(13-21)17-5-6-18-19(9-17)27-14-26-18/h1-6,9H,7-8,10-14H2. The largest absolute Gasteiger partial charge is 0.454 e. The van der Waals surface area contributed by atoms with Gasteiger partial charge in [0.1, 0.15) is 5.82 Å². The lowest BCUT2D eigenvalue weighted by molar-refractivity contribution is -0.117. The Morgan fingerprint density at radius 3 is 2.70 bits per heavy atom. The van der Waals surface area contributed by atoms with E-state index in [-0.39, 0.29) is 23.9 Å². The lowest BCUT2D eigenvalue weighted by Crippen LogP contribution is -2.31. The SMILES string of the molecule is O=C1CC2(CCN(Cc3ccc(F)cc3)C2)CN1c1ccc2c(c1)OCO2. The highest BCUT2D eigenvalue weighted by Gasteiger charge is 2.47. The fourth-order valence-corrected chi connectivity index (χ4v) is 4.47. The van der Waals surface area contributed by atoms with Crippen molar-refractivity contribution < 1.29 is 18.7 Å². The minimum absolute atomic E-state index is 0.00646. The molecule has 3 aliphatic rings. The predicted molar refractivity (Wildman–Crippen MR) is 98.3 cm³/mol. The third-order valence-electron chi connectivity index (χ3n) is 5.83. The number of likely N-dealkylation sites (tertiary alicyclic amines) is 1. The molecule has 0 saturated carbocycles. The number of benzene rings is 2. The second-order valence-electron chi connectivity index (χ2n) is 7.78. The van der Waals surface area contributed by atoms with E-state index in [0.29, 0.717) is 12.2 Å². The monoisotopic (exact) mass is 368 g/mol. The molecule has 2 aromatic rings. The van der Waals surface area contributed by atoms with Crippen molar-refractivity contribution >= 4 is 11.6 Å². The van der Waals surface area contributed by atoms with Gasteiger partial charge in [-0.15, -0.1) is 0 Å². The predicted octanol–water partition coefficient (Wildman–Crippen LogP) is 3.18. The summed E-state index contributed by atoms with van der Waals surface area (Å²) >= 11 is 0. The summed E-state index contributed by atoms with van der Waals surface area (Å²) < 4.78 is 23.9. The van der Waals surface area contributed by atoms with Crippen molar-refractivity contribution in [3.8, 4) is 11.5 Å². The maximum atomic E-state index is 13.1. The molecule has 0 N–H and O–H groups in total. The van der Waals surface area contributed by atoms with E-state index in [0.717, 1.165) is 49.6 Å². The Labute approximate surface area is 157 Å². The van der Waals surface area contributed by atoms with Crippen LogP contribution in [0.25, 0.3) is 0 Å². The summed E-state index contributed by atoms with van der Waals surface area (Å²) in [7, 11) is 0. The summed E-state index contributed by atoms with van der Waals surface area (Å²) in [5.74, 6) is 1.38. The van der Waals surface area contributed by atoms with Crippen LogP contribution in [0.5, 0.6) is 11.5 Å². The molecule has 2 saturated heterocycles. The van der Waals surface area contributed by atoms with E-state index in [1.807, 2.05) is 35.2 Å². The first-order valence-corrected chi connectivity index (χ1v) is 9.27. The Bertz CT molecular complexity index is 885. The van der Waals surface area contributed by atoms with Gasteiger partial charge in [-0.25, -0.2) is 4.39 Å². The minimum Gasteiger partial charge on any atom is -0.454 e. The second-order valence-corrected chi connectivity index (χ2v) is 7.78. The fraction of sp³-hybridized carbons (Fsp3) is 0.381. The van der Waals surface area contributed by atoms with Crippen LogP contribution in [0.4, 0.5) is 10.1 Å². The number of amides is 1. The number of anilines is 1. The Morgan fingerprint density at radius 2 is 1.85 bits per heavy atom. The Hall–Kier alpha value is -2.60. The van der Waals surface area contributed by atoms with Gasteiger partial charge in [-0.05, 0) is 42.8 Å². The smallest absolute Gasteiger partial charge is 0.231 e. The van der Waals surface area contributed by atoms with Crippen LogP contribution in [-0.4, -0.2) is 37.2 Å². The van der Waals surface area contributed by atoms with Gasteiger partial charge in [0.2, 0.25) is 12.7 Å². The molecule has 0 radical (unpaired) electrons. The molecule has 0 bridgehead atoms. The molecule has 6 heteroatoms. The molecular formula is C21H21FN2O3. The molecule has 140 valence electrons. The zero-order chi connectivity index (χ0) is 18.4. The van der Waals surface area contributed by atoms with Crippen LogP contribution in [0.2, 0.25) is 0 Å². The third kappa shape index (κ3) is 3.04. The van der Waals surface area contributed by atoms with E-state index in [9.17, 15) is 9.18 Å². The Balaban J connectivity index is 1.29. The number of ether oxygens (including phenoxy) is 2. The summed E-state index contributed by atoms with van der Waals surface area (Å²) in [6.45, 7) is 3.59. The highest BCUT2D eigenvalue weighted by atomic mass is 19.1. The van der Waals surface area contributed by atoms with Gasteiger partial charge in [-0.3, -0.25) is 9.69 Å². The third-order valence-corrected chi connectivity index (χ3v) is 5.83. The van der Waals surface area contributed by atoms with Crippen LogP contribution in [0.1, 0.15) is 18.4 Å². The van der Waals surface area contributed by atoms with Gasteiger partial charge in [-0.2, -0.15) is 0 Å². The Morgan fingerprint density at radius 1 is 1.04 bits per heavy atom. The van der Waals surface area contributed by atoms with E-state index in [1.165, 1.54) is 12.1 Å². The van der Waals surface area contributed by atoms with Gasteiger partial charge in [0.15, 0.2) is 11.5 Å². The van der Waals surface area contributed by atoms with Crippen molar-refractivity contribution in [1.82, 2.24) is 4.90 Å². The molecule has 27 heavy (non-hydrogen) atoms. The van der Waals surface area contributed by atoms with E-state index in [1.54, 1.807) is 0 Å². The normalized spacial score (nSPS) is 24.3. The summed E-state index contributed by atoms with van der Waals surface area (Å²) in [5, 5.41) is 0. The quantitative estimate of drug-likeness (QED) is 0.835. The van der Waals surface area contributed by atoms with Gasteiger partial charge >= 0.3 is 0 Å². The van der Waals surface area contributed by atoms with Crippen molar-refractivity contribution in [3.63, 3.8) is 0 Å². The number of fused-ring (bicyclic) bond motifs is 1. The molecule has 0 aliphatic carbocycles. The molecule has 5 rings (SSSR count). The number of hydrogen-bond donors (Lipinski definition) is 0. The fourth-order valence-electron chi connectivity index (χ4n) is 4.47. The van der Waals surface area contributed by atoms with E-state index >= 15 is 0 Å². The van der Waals surface area contributed by atoms with Crippen LogP contribution in [-0.2, 0) is 11.3 Å². The van der Waals surface area contributed by atoms with E-state index in [2.05, 4.69) is 4.90 Å². The van der Waals surface area contributed by atoms with Gasteiger partial charge < -0.3 is 14.4 Å². The number of carbonyl (C=O) groups is 1. The Kier molecular flexibility index (Phi) is 3.82. The topological polar surface area (TPSA) is 42.0 Å². The number of carbonyl (C=O) groups excluding carboxylic acids is 1. The van der Waals surface area contributed by atoms with Crippen LogP contribution in [0.15, 0.2) is 42.5 Å². The molecule has 1 unspecified atom stereocenters. The van der Waals surface area contributed by atoms with Crippen molar-refractivity contribution in [2.45, 2.75) is 19.4 Å². The summed E-state index contributed by atoms with van der Waals surface area (Å²) in [6, 6.07) is 12.4. The van der Waals surface area contributed by atoms with Crippen molar-refractivity contribution in [3.05, 3.63) is 53.8 Å². The lowest BCUT2D eigenvalue weighted by atomic mass is 9.86. The molecule has 1 spiro atoms. The molecule has 3 aliphatic heterocycles. The zero-order valence-corrected chi connectivity index (χ0v) is 15.0. The van der Waals surface area contributed by atoms with Gasteiger partial charge in [0.05, 0.1) is 0 Å². The minimum atomic E-state index is -0.211. The number of rotatable bonds is 3. The molecular weight excluding hydrogens is 347 g/mol. The summed E-state index contributed by atoms with van der Waals surface area (Å²) in [4.78, 5) is 17.0. The number of halogens is 1. The number of nitrogens with zero attached hydrogens (tertiary/aromatic N) is 2. The van der Waals surface area contributed by atoms with Crippen molar-refractivity contribution in [1.29, 1.82) is 0 Å². The average Bonchev–Trinajstić information content (AvgIpc) is 3.36. The molecule has 2 aromatic carbocycles. The zero-order valence-electron chi connectivity index (χ0n) is 15.0. The van der Waals surface area contributed by atoms with Gasteiger partial charge in [0.25, 0.3) is 0 Å². The lowest BCUT2D eigenvalue weighted by Gasteiger charge is -2.24. The molecule has 1 amide bonds. The molecule has 5 nitrogen and oxygen atoms in total. The van der Waals surface area contributed by atoms with Crippen LogP contribution >= 0.6 is 0 Å². The van der Waals surface area contributed by atoms with Crippen LogP contribution in [0.3, 0.4) is 0 Å². The highest BCUT2D eigenvalue weighted by Crippen LogP contribution is 2.44. The van der Waals surface area contributed by atoms with Gasteiger partial charge in [0, 0.05) is 43.2 Å². The van der Waals surface area contributed by atoms with Crippen molar-refractivity contribution in [2.75, 3.05) is 31.3 Å². The summed E-state index contributed by atoms with van der Waals surface area (Å²) in [6.07, 6.45) is 1.57. The van der Waals surface area contributed by atoms with E-state index in [4.69, 9.17) is 9.47 Å². The first-order chi connectivity index (χ1) is 13.1. The van der Waals surface area contributed by atoms with Crippen LogP contribution in [0, 0.1) is 11.2 Å². The van der Waals surface area contributed by atoms with Crippen LogP contribution < -0.4 is 14.4 Å². The molecule has 0 aromatic heterocycles.